The lowest BCUT2D eigenvalue weighted by molar-refractivity contribution is 0.371. The minimum absolute atomic E-state index is 0.155. The average Bonchev–Trinajstić information content (AvgIpc) is 2.94. The first kappa shape index (κ1) is 15.3. The minimum atomic E-state index is -3.56. The van der Waals surface area contributed by atoms with Gasteiger partial charge in [-0.05, 0) is 19.1 Å². The van der Waals surface area contributed by atoms with Crippen LogP contribution in [0.2, 0.25) is 5.02 Å². The highest BCUT2D eigenvalue weighted by Gasteiger charge is 2.30. The Bertz CT molecular complexity index is 767. The second kappa shape index (κ2) is 5.91. The van der Waals surface area contributed by atoms with Gasteiger partial charge in [-0.25, -0.2) is 8.42 Å². The van der Waals surface area contributed by atoms with E-state index < -0.39 is 10.0 Å². The van der Waals surface area contributed by atoms with Gasteiger partial charge in [0.15, 0.2) is 5.82 Å². The van der Waals surface area contributed by atoms with E-state index in [-0.39, 0.29) is 9.92 Å². The van der Waals surface area contributed by atoms with E-state index in [1.54, 1.807) is 18.2 Å². The van der Waals surface area contributed by atoms with Gasteiger partial charge in [-0.15, -0.1) is 0 Å². The summed E-state index contributed by atoms with van der Waals surface area (Å²) in [5.41, 5.74) is 0. The summed E-state index contributed by atoms with van der Waals surface area (Å²) in [7, 11) is -3.56. The third-order valence-corrected chi connectivity index (χ3v) is 6.03. The second-order valence-electron chi connectivity index (χ2n) is 5.12. The van der Waals surface area contributed by atoms with Gasteiger partial charge in [0.1, 0.15) is 10.7 Å². The lowest BCUT2D eigenvalue weighted by Gasteiger charge is -2.33. The zero-order chi connectivity index (χ0) is 15.7. The monoisotopic (exact) mass is 341 g/mol. The minimum Gasteiger partial charge on any atom is -0.360 e. The predicted molar refractivity (Wildman–Crippen MR) is 83.7 cm³/mol. The first-order chi connectivity index (χ1) is 10.5. The van der Waals surface area contributed by atoms with Gasteiger partial charge in [0.2, 0.25) is 10.0 Å². The Kier molecular flexibility index (Phi) is 4.12. The maximum atomic E-state index is 12.6. The Balaban J connectivity index is 1.75. The number of sulfonamides is 1. The van der Waals surface area contributed by atoms with Crippen LogP contribution in [0.25, 0.3) is 0 Å². The number of halogens is 1. The van der Waals surface area contributed by atoms with Crippen molar-refractivity contribution in [3.05, 3.63) is 41.1 Å². The highest BCUT2D eigenvalue weighted by molar-refractivity contribution is 7.89. The zero-order valence-electron chi connectivity index (χ0n) is 12.1. The summed E-state index contributed by atoms with van der Waals surface area (Å²) in [6.45, 7) is 3.73. The summed E-state index contributed by atoms with van der Waals surface area (Å²) in [5.74, 6) is 1.48. The maximum Gasteiger partial charge on any atom is 0.244 e. The molecule has 0 spiro atoms. The molecule has 2 heterocycles. The van der Waals surface area contributed by atoms with Gasteiger partial charge in [0.25, 0.3) is 0 Å². The molecular formula is C14H16ClN3O3S. The van der Waals surface area contributed by atoms with Gasteiger partial charge in [-0.3, -0.25) is 0 Å². The van der Waals surface area contributed by atoms with Crippen LogP contribution in [-0.4, -0.2) is 44.1 Å². The molecule has 0 atom stereocenters. The first-order valence-corrected chi connectivity index (χ1v) is 8.73. The quantitative estimate of drug-likeness (QED) is 0.855. The fourth-order valence-electron chi connectivity index (χ4n) is 2.45. The van der Waals surface area contributed by atoms with Crippen LogP contribution in [0.4, 0.5) is 5.82 Å². The van der Waals surface area contributed by atoms with Crippen molar-refractivity contribution in [2.45, 2.75) is 11.8 Å². The van der Waals surface area contributed by atoms with Crippen molar-refractivity contribution in [3.63, 3.8) is 0 Å². The summed E-state index contributed by atoms with van der Waals surface area (Å²) in [6.07, 6.45) is 0. The van der Waals surface area contributed by atoms with Crippen molar-refractivity contribution in [1.82, 2.24) is 9.46 Å². The molecule has 1 aromatic carbocycles. The third kappa shape index (κ3) is 2.84. The Hall–Kier alpha value is -1.57. The number of aryl methyl sites for hydroxylation is 1. The first-order valence-electron chi connectivity index (χ1n) is 6.91. The SMILES string of the molecule is Cc1cc(N2CCN(S(=O)(=O)c3ccccc3Cl)CC2)no1. The zero-order valence-corrected chi connectivity index (χ0v) is 13.6. The van der Waals surface area contributed by atoms with Crippen molar-refractivity contribution in [2.24, 2.45) is 0 Å². The van der Waals surface area contributed by atoms with E-state index in [4.69, 9.17) is 16.1 Å². The van der Waals surface area contributed by atoms with Crippen LogP contribution in [0, 0.1) is 6.92 Å². The molecule has 0 saturated carbocycles. The molecule has 1 aliphatic rings. The van der Waals surface area contributed by atoms with E-state index >= 15 is 0 Å². The van der Waals surface area contributed by atoms with Gasteiger partial charge in [-0.2, -0.15) is 4.31 Å². The van der Waals surface area contributed by atoms with Crippen LogP contribution in [0.3, 0.4) is 0 Å². The number of benzene rings is 1. The molecule has 0 N–H and O–H groups in total. The molecule has 1 fully saturated rings. The van der Waals surface area contributed by atoms with Crippen molar-refractivity contribution in [2.75, 3.05) is 31.1 Å². The van der Waals surface area contributed by atoms with Crippen molar-refractivity contribution < 1.29 is 12.9 Å². The molecule has 1 aliphatic heterocycles. The number of hydrogen-bond acceptors (Lipinski definition) is 5. The van der Waals surface area contributed by atoms with Crippen LogP contribution < -0.4 is 4.90 Å². The van der Waals surface area contributed by atoms with Crippen LogP contribution in [0.1, 0.15) is 5.76 Å². The molecule has 1 saturated heterocycles. The molecule has 0 aliphatic carbocycles. The normalized spacial score (nSPS) is 16.9. The van der Waals surface area contributed by atoms with Crippen molar-refractivity contribution in [3.8, 4) is 0 Å². The molecule has 0 amide bonds. The summed E-state index contributed by atoms with van der Waals surface area (Å²) < 4.78 is 31.8. The van der Waals surface area contributed by atoms with Gasteiger partial charge in [0, 0.05) is 32.2 Å². The Morgan fingerprint density at radius 1 is 1.18 bits per heavy atom. The van der Waals surface area contributed by atoms with E-state index in [1.807, 2.05) is 17.9 Å². The molecule has 1 aromatic heterocycles. The largest absolute Gasteiger partial charge is 0.360 e. The predicted octanol–water partition coefficient (Wildman–Crippen LogP) is 2.15. The summed E-state index contributed by atoms with van der Waals surface area (Å²) in [6, 6.07) is 8.35. The average molecular weight is 342 g/mol. The third-order valence-electron chi connectivity index (χ3n) is 3.63. The highest BCUT2D eigenvalue weighted by atomic mass is 35.5. The molecule has 0 unspecified atom stereocenters. The smallest absolute Gasteiger partial charge is 0.244 e. The van der Waals surface area contributed by atoms with E-state index in [0.29, 0.717) is 26.2 Å². The van der Waals surface area contributed by atoms with E-state index in [9.17, 15) is 8.42 Å². The molecule has 0 radical (unpaired) electrons. The van der Waals surface area contributed by atoms with Crippen LogP contribution in [0.5, 0.6) is 0 Å². The fourth-order valence-corrected chi connectivity index (χ4v) is 4.37. The van der Waals surface area contributed by atoms with Crippen LogP contribution >= 0.6 is 11.6 Å². The molecule has 2 aromatic rings. The Morgan fingerprint density at radius 3 is 2.45 bits per heavy atom. The highest BCUT2D eigenvalue weighted by Crippen LogP contribution is 2.25. The van der Waals surface area contributed by atoms with E-state index in [1.165, 1.54) is 10.4 Å². The molecular weight excluding hydrogens is 326 g/mol. The summed E-state index contributed by atoms with van der Waals surface area (Å²) in [5, 5.41) is 4.21. The Morgan fingerprint density at radius 2 is 1.86 bits per heavy atom. The van der Waals surface area contributed by atoms with Gasteiger partial charge in [-0.1, -0.05) is 28.9 Å². The van der Waals surface area contributed by atoms with Gasteiger partial charge < -0.3 is 9.42 Å². The Labute approximate surface area is 134 Å². The number of piperazine rings is 1. The number of aromatic nitrogens is 1. The lowest BCUT2D eigenvalue weighted by atomic mass is 10.3. The maximum absolute atomic E-state index is 12.6. The van der Waals surface area contributed by atoms with Crippen molar-refractivity contribution >= 4 is 27.4 Å². The van der Waals surface area contributed by atoms with Gasteiger partial charge in [0.05, 0.1) is 5.02 Å². The molecule has 0 bridgehead atoms. The topological polar surface area (TPSA) is 66.7 Å². The van der Waals surface area contributed by atoms with E-state index in [2.05, 4.69) is 5.16 Å². The molecule has 6 nitrogen and oxygen atoms in total. The fraction of sp³-hybridized carbons (Fsp3) is 0.357. The number of rotatable bonds is 3. The lowest BCUT2D eigenvalue weighted by Crippen LogP contribution is -2.48. The second-order valence-corrected chi connectivity index (χ2v) is 7.43. The van der Waals surface area contributed by atoms with Crippen LogP contribution in [0.15, 0.2) is 39.8 Å². The van der Waals surface area contributed by atoms with Crippen molar-refractivity contribution in [1.29, 1.82) is 0 Å². The molecule has 8 heteroatoms. The molecule has 22 heavy (non-hydrogen) atoms. The van der Waals surface area contributed by atoms with Gasteiger partial charge >= 0.3 is 0 Å². The standard InChI is InChI=1S/C14H16ClN3O3S/c1-11-10-14(16-21-11)17-6-8-18(9-7-17)22(19,20)13-5-3-2-4-12(13)15/h2-5,10H,6-9H2,1H3. The summed E-state index contributed by atoms with van der Waals surface area (Å²) >= 11 is 6.02. The van der Waals surface area contributed by atoms with Crippen LogP contribution in [-0.2, 0) is 10.0 Å². The number of nitrogens with zero attached hydrogens (tertiary/aromatic N) is 3. The summed E-state index contributed by atoms with van der Waals surface area (Å²) in [4.78, 5) is 2.16. The molecule has 3 rings (SSSR count). The number of anilines is 1. The number of hydrogen-bond donors (Lipinski definition) is 0. The van der Waals surface area contributed by atoms with E-state index in [0.717, 1.165) is 11.6 Å². The molecule has 118 valence electrons.